The van der Waals surface area contributed by atoms with Crippen molar-refractivity contribution in [3.63, 3.8) is 0 Å². The van der Waals surface area contributed by atoms with Crippen LogP contribution < -0.4 is 15.2 Å². The molecule has 0 radical (unpaired) electrons. The van der Waals surface area contributed by atoms with E-state index < -0.39 is 28.6 Å². The van der Waals surface area contributed by atoms with Gasteiger partial charge in [-0.15, -0.1) is 0 Å². The lowest BCUT2D eigenvalue weighted by molar-refractivity contribution is -0.125. The van der Waals surface area contributed by atoms with Gasteiger partial charge < -0.3 is 15.6 Å². The smallest absolute Gasteiger partial charge is 0.247 e. The van der Waals surface area contributed by atoms with Gasteiger partial charge in [0.1, 0.15) is 11.9 Å². The zero-order valence-electron chi connectivity index (χ0n) is 10.6. The summed E-state index contributed by atoms with van der Waals surface area (Å²) in [6.45, 7) is 1.23. The Labute approximate surface area is 111 Å². The van der Waals surface area contributed by atoms with Crippen LogP contribution >= 0.6 is 0 Å². The van der Waals surface area contributed by atoms with Crippen molar-refractivity contribution in [3.05, 3.63) is 23.8 Å². The minimum atomic E-state index is -3.81. The molecule has 0 bridgehead atoms. The molecule has 0 saturated heterocycles. The topological polar surface area (TPSA) is 119 Å². The maximum Gasteiger partial charge on any atom is 0.247 e. The fraction of sp³-hybridized carbons (Fsp3) is 0.364. The number of aliphatic hydroxyl groups is 1. The Hall–Kier alpha value is -1.64. The van der Waals surface area contributed by atoms with Crippen LogP contribution in [-0.4, -0.2) is 39.2 Å². The molecule has 19 heavy (non-hydrogen) atoms. The predicted octanol–water partition coefficient (Wildman–Crippen LogP) is -0.872. The summed E-state index contributed by atoms with van der Waals surface area (Å²) >= 11 is 0. The molecule has 1 unspecified atom stereocenters. The SMILES string of the molecule is COc1ccc(S(=O)(=O)NCC(O)C(N)=O)cc1C. The Morgan fingerprint density at radius 1 is 1.53 bits per heavy atom. The lowest BCUT2D eigenvalue weighted by Crippen LogP contribution is -2.39. The average molecular weight is 288 g/mol. The summed E-state index contributed by atoms with van der Waals surface area (Å²) in [6.07, 6.45) is -1.56. The van der Waals surface area contributed by atoms with Crippen molar-refractivity contribution < 1.29 is 23.1 Å². The number of benzene rings is 1. The molecule has 1 aromatic rings. The number of nitrogens with one attached hydrogen (secondary N) is 1. The molecule has 1 rings (SSSR count). The molecule has 1 atom stereocenters. The second kappa shape index (κ2) is 6.00. The third-order valence-corrected chi connectivity index (χ3v) is 3.89. The van der Waals surface area contributed by atoms with Crippen LogP contribution in [-0.2, 0) is 14.8 Å². The second-order valence-corrected chi connectivity index (χ2v) is 5.67. The minimum Gasteiger partial charge on any atom is -0.496 e. The minimum absolute atomic E-state index is 0.0162. The van der Waals surface area contributed by atoms with E-state index >= 15 is 0 Å². The Kier molecular flexibility index (Phi) is 4.87. The second-order valence-electron chi connectivity index (χ2n) is 3.90. The first-order chi connectivity index (χ1) is 8.77. The molecule has 7 nitrogen and oxygen atoms in total. The maximum absolute atomic E-state index is 11.9. The highest BCUT2D eigenvalue weighted by molar-refractivity contribution is 7.89. The molecule has 8 heteroatoms. The standard InChI is InChI=1S/C11H16N2O5S/c1-7-5-8(3-4-10(7)18-2)19(16,17)13-6-9(14)11(12)15/h3-5,9,13-14H,6H2,1-2H3,(H2,12,15). The van der Waals surface area contributed by atoms with Gasteiger partial charge in [-0.05, 0) is 30.7 Å². The number of hydrogen-bond donors (Lipinski definition) is 3. The van der Waals surface area contributed by atoms with Crippen LogP contribution in [0.15, 0.2) is 23.1 Å². The van der Waals surface area contributed by atoms with E-state index in [2.05, 4.69) is 4.72 Å². The van der Waals surface area contributed by atoms with Crippen molar-refractivity contribution in [2.45, 2.75) is 17.9 Å². The summed E-state index contributed by atoms with van der Waals surface area (Å²) in [5.74, 6) is -0.426. The van der Waals surface area contributed by atoms with Gasteiger partial charge >= 0.3 is 0 Å². The summed E-state index contributed by atoms with van der Waals surface area (Å²) in [5.41, 5.74) is 5.48. The molecule has 0 aliphatic carbocycles. The fourth-order valence-corrected chi connectivity index (χ4v) is 2.51. The number of ether oxygens (including phenoxy) is 1. The number of aliphatic hydroxyl groups excluding tert-OH is 1. The van der Waals surface area contributed by atoms with Gasteiger partial charge in [0.15, 0.2) is 0 Å². The molecule has 0 spiro atoms. The third-order valence-electron chi connectivity index (χ3n) is 2.47. The lowest BCUT2D eigenvalue weighted by atomic mass is 10.2. The molecular weight excluding hydrogens is 272 g/mol. The lowest BCUT2D eigenvalue weighted by Gasteiger charge is -2.11. The first-order valence-electron chi connectivity index (χ1n) is 5.39. The summed E-state index contributed by atoms with van der Waals surface area (Å²) in [5, 5.41) is 9.15. The van der Waals surface area contributed by atoms with Crippen LogP contribution in [0.3, 0.4) is 0 Å². The quantitative estimate of drug-likeness (QED) is 0.628. The summed E-state index contributed by atoms with van der Waals surface area (Å²) < 4.78 is 30.9. The first kappa shape index (κ1) is 15.4. The Morgan fingerprint density at radius 2 is 2.16 bits per heavy atom. The highest BCUT2D eigenvalue weighted by Crippen LogP contribution is 2.21. The molecule has 106 valence electrons. The van der Waals surface area contributed by atoms with Crippen LogP contribution in [0.2, 0.25) is 0 Å². The van der Waals surface area contributed by atoms with E-state index in [1.807, 2.05) is 0 Å². The molecule has 0 aromatic heterocycles. The highest BCUT2D eigenvalue weighted by Gasteiger charge is 2.19. The van der Waals surface area contributed by atoms with Gasteiger partial charge in [0, 0.05) is 6.54 Å². The number of amides is 1. The van der Waals surface area contributed by atoms with E-state index in [1.165, 1.54) is 25.3 Å². The van der Waals surface area contributed by atoms with Gasteiger partial charge in [-0.1, -0.05) is 0 Å². The molecular formula is C11H16N2O5S. The van der Waals surface area contributed by atoms with E-state index in [-0.39, 0.29) is 4.90 Å². The molecule has 1 aromatic carbocycles. The van der Waals surface area contributed by atoms with Crippen molar-refractivity contribution in [1.29, 1.82) is 0 Å². The van der Waals surface area contributed by atoms with Gasteiger partial charge in [-0.25, -0.2) is 13.1 Å². The zero-order valence-corrected chi connectivity index (χ0v) is 11.4. The van der Waals surface area contributed by atoms with Crippen LogP contribution in [0, 0.1) is 6.92 Å². The van der Waals surface area contributed by atoms with E-state index in [0.717, 1.165) is 0 Å². The number of carbonyl (C=O) groups is 1. The van der Waals surface area contributed by atoms with E-state index in [1.54, 1.807) is 6.92 Å². The third kappa shape index (κ3) is 3.91. The van der Waals surface area contributed by atoms with Crippen LogP contribution in [0.4, 0.5) is 0 Å². The molecule has 0 saturated carbocycles. The molecule has 1 amide bonds. The Bertz CT molecular complexity index is 570. The van der Waals surface area contributed by atoms with Gasteiger partial charge in [0.05, 0.1) is 12.0 Å². The van der Waals surface area contributed by atoms with Crippen LogP contribution in [0.5, 0.6) is 5.75 Å². The van der Waals surface area contributed by atoms with E-state index in [0.29, 0.717) is 11.3 Å². The van der Waals surface area contributed by atoms with Crippen molar-refractivity contribution in [3.8, 4) is 5.75 Å². The average Bonchev–Trinajstić information content (AvgIpc) is 2.35. The Balaban J connectivity index is 2.89. The van der Waals surface area contributed by atoms with E-state index in [9.17, 15) is 13.2 Å². The van der Waals surface area contributed by atoms with Gasteiger partial charge in [0.2, 0.25) is 15.9 Å². The van der Waals surface area contributed by atoms with Crippen molar-refractivity contribution >= 4 is 15.9 Å². The Morgan fingerprint density at radius 3 is 2.63 bits per heavy atom. The van der Waals surface area contributed by atoms with Gasteiger partial charge in [0.25, 0.3) is 0 Å². The first-order valence-corrected chi connectivity index (χ1v) is 6.88. The van der Waals surface area contributed by atoms with Crippen LogP contribution in [0.25, 0.3) is 0 Å². The molecule has 0 aliphatic rings. The number of primary amides is 1. The normalized spacial score (nSPS) is 13.0. The number of carbonyl (C=O) groups excluding carboxylic acids is 1. The molecule has 0 heterocycles. The highest BCUT2D eigenvalue weighted by atomic mass is 32.2. The van der Waals surface area contributed by atoms with Crippen molar-refractivity contribution in [2.75, 3.05) is 13.7 Å². The van der Waals surface area contributed by atoms with E-state index in [4.69, 9.17) is 15.6 Å². The number of nitrogens with two attached hydrogens (primary N) is 1. The number of methoxy groups -OCH3 is 1. The van der Waals surface area contributed by atoms with Gasteiger partial charge in [-0.2, -0.15) is 0 Å². The number of hydrogen-bond acceptors (Lipinski definition) is 5. The summed E-state index contributed by atoms with van der Waals surface area (Å²) in [7, 11) is -2.33. The summed E-state index contributed by atoms with van der Waals surface area (Å²) in [4.78, 5) is 10.6. The number of rotatable bonds is 6. The monoisotopic (exact) mass is 288 g/mol. The molecule has 0 aliphatic heterocycles. The molecule has 4 N–H and O–H groups in total. The fourth-order valence-electron chi connectivity index (χ4n) is 1.39. The maximum atomic E-state index is 11.9. The van der Waals surface area contributed by atoms with Crippen molar-refractivity contribution in [1.82, 2.24) is 4.72 Å². The largest absolute Gasteiger partial charge is 0.496 e. The predicted molar refractivity (Wildman–Crippen MR) is 68.1 cm³/mol. The zero-order chi connectivity index (χ0) is 14.6. The summed E-state index contributed by atoms with van der Waals surface area (Å²) in [6, 6.07) is 4.32. The number of sulfonamides is 1. The molecule has 0 fully saturated rings. The van der Waals surface area contributed by atoms with Crippen molar-refractivity contribution in [2.24, 2.45) is 5.73 Å². The van der Waals surface area contributed by atoms with Gasteiger partial charge in [-0.3, -0.25) is 4.79 Å². The van der Waals surface area contributed by atoms with Crippen LogP contribution in [0.1, 0.15) is 5.56 Å². The number of aryl methyl sites for hydroxylation is 1.